The maximum absolute atomic E-state index is 15.2. The molecule has 0 fully saturated rings. The molecule has 0 bridgehead atoms. The molecule has 0 amide bonds. The molecule has 0 radical (unpaired) electrons. The zero-order chi connectivity index (χ0) is 18.8. The number of rotatable bonds is 2. The fraction of sp³-hybridized carbons (Fsp3) is 0.0625. The van der Waals surface area contributed by atoms with E-state index in [1.165, 1.54) is 7.11 Å². The maximum atomic E-state index is 15.2. The van der Waals surface area contributed by atoms with Crippen molar-refractivity contribution in [2.75, 3.05) is 7.11 Å². The van der Waals surface area contributed by atoms with Crippen LogP contribution in [-0.2, 0) is 0 Å². The summed E-state index contributed by atoms with van der Waals surface area (Å²) in [6.45, 7) is -4.08. The van der Waals surface area contributed by atoms with E-state index in [1.54, 1.807) is 36.4 Å². The van der Waals surface area contributed by atoms with Crippen molar-refractivity contribution in [1.82, 2.24) is 4.48 Å². The number of nitrogens with zero attached hydrogens (tertiary/aromatic N) is 2. The van der Waals surface area contributed by atoms with Crippen molar-refractivity contribution in [1.29, 1.82) is 0 Å². The van der Waals surface area contributed by atoms with Crippen LogP contribution in [0.2, 0.25) is 10.0 Å². The first-order valence-electron chi connectivity index (χ1n) is 7.44. The minimum Gasteiger partial charge on any atom is -0.496 e. The summed E-state index contributed by atoms with van der Waals surface area (Å²) in [4.78, 5) is 0. The Balaban J connectivity index is 2.13. The van der Waals surface area contributed by atoms with Gasteiger partial charge in [0, 0.05) is 45.4 Å². The van der Waals surface area contributed by atoms with Crippen molar-refractivity contribution in [3.63, 3.8) is 0 Å². The quantitative estimate of drug-likeness (QED) is 0.445. The number of ether oxygens (including phenoxy) is 1. The van der Waals surface area contributed by atoms with E-state index in [2.05, 4.69) is 31.9 Å². The van der Waals surface area contributed by atoms with Crippen molar-refractivity contribution in [3.05, 3.63) is 68.0 Å². The summed E-state index contributed by atoms with van der Waals surface area (Å²) in [5.74, 6) is 0.444. The van der Waals surface area contributed by atoms with Gasteiger partial charge in [-0.1, -0.05) is 23.2 Å². The van der Waals surface area contributed by atoms with E-state index in [0.717, 1.165) is 8.96 Å². The SMILES string of the molecule is COc1cc(Cl)c(Cl)cc1C1=C2C=CC(Br)=[N+]2[B-](F)(F)n2c(Br)ccc21. The van der Waals surface area contributed by atoms with Crippen LogP contribution in [0.5, 0.6) is 5.75 Å². The normalized spacial score (nSPS) is 17.7. The average molecular weight is 525 g/mol. The molecule has 0 aliphatic carbocycles. The number of fused-ring (bicyclic) bond motifs is 2. The standard InChI is InChI=1S/C16H9BBr2Cl2F2N2O/c1-26-13-7-10(21)9(20)6-8(13)16-11-2-4-14(18)24(11)17(22,23)25-12(16)3-5-15(25)19/h2-7H,1H3. The molecule has 0 spiro atoms. The van der Waals surface area contributed by atoms with Crippen LogP contribution in [0.4, 0.5) is 8.63 Å². The second kappa shape index (κ2) is 6.22. The predicted molar refractivity (Wildman–Crippen MR) is 108 cm³/mol. The van der Waals surface area contributed by atoms with Gasteiger partial charge >= 0.3 is 6.97 Å². The predicted octanol–water partition coefficient (Wildman–Crippen LogP) is 5.94. The fourth-order valence-electron chi connectivity index (χ4n) is 3.30. The van der Waals surface area contributed by atoms with Crippen LogP contribution in [0.15, 0.2) is 46.7 Å². The molecule has 4 rings (SSSR count). The Morgan fingerprint density at radius 3 is 2.50 bits per heavy atom. The van der Waals surface area contributed by atoms with Gasteiger partial charge in [0.1, 0.15) is 5.75 Å². The molecule has 2 aliphatic heterocycles. The molecule has 10 heteroatoms. The van der Waals surface area contributed by atoms with Gasteiger partial charge in [0.05, 0.1) is 27.3 Å². The Morgan fingerprint density at radius 2 is 1.81 bits per heavy atom. The largest absolute Gasteiger partial charge is 0.738 e. The van der Waals surface area contributed by atoms with Gasteiger partial charge < -0.3 is 22.3 Å². The van der Waals surface area contributed by atoms with Crippen LogP contribution in [0.1, 0.15) is 11.3 Å². The van der Waals surface area contributed by atoms with Crippen LogP contribution >= 0.6 is 55.1 Å². The van der Waals surface area contributed by atoms with E-state index in [1.807, 2.05) is 0 Å². The van der Waals surface area contributed by atoms with Crippen LogP contribution in [0.25, 0.3) is 5.57 Å². The molecule has 134 valence electrons. The topological polar surface area (TPSA) is 17.2 Å². The second-order valence-corrected chi connectivity index (χ2v) is 8.19. The van der Waals surface area contributed by atoms with Crippen molar-refractivity contribution in [2.45, 2.75) is 0 Å². The molecule has 3 nitrogen and oxygen atoms in total. The first-order valence-corrected chi connectivity index (χ1v) is 9.78. The van der Waals surface area contributed by atoms with Crippen molar-refractivity contribution in [2.24, 2.45) is 0 Å². The van der Waals surface area contributed by atoms with Crippen molar-refractivity contribution < 1.29 is 17.9 Å². The molecular weight excluding hydrogens is 516 g/mol. The van der Waals surface area contributed by atoms with Crippen LogP contribution < -0.4 is 4.74 Å². The van der Waals surface area contributed by atoms with E-state index in [0.29, 0.717) is 38.3 Å². The Kier molecular flexibility index (Phi) is 4.38. The molecule has 1 aromatic carbocycles. The Bertz CT molecular complexity index is 1060. The van der Waals surface area contributed by atoms with E-state index in [4.69, 9.17) is 27.9 Å². The van der Waals surface area contributed by atoms with Gasteiger partial charge in [-0.2, -0.15) is 0 Å². The van der Waals surface area contributed by atoms with Crippen molar-refractivity contribution in [3.8, 4) is 5.75 Å². The molecule has 1 aromatic heterocycles. The second-order valence-electron chi connectivity index (χ2n) is 5.75. The molecule has 0 N–H and O–H groups in total. The van der Waals surface area contributed by atoms with Crippen molar-refractivity contribution >= 4 is 72.2 Å². The summed E-state index contributed by atoms with van der Waals surface area (Å²) >= 11 is 18.8. The van der Waals surface area contributed by atoms with E-state index < -0.39 is 6.97 Å². The monoisotopic (exact) mass is 522 g/mol. The summed E-state index contributed by atoms with van der Waals surface area (Å²) in [7, 11) is 1.49. The smallest absolute Gasteiger partial charge is 0.496 e. The number of allylic oxidation sites excluding steroid dienone is 2. The molecule has 26 heavy (non-hydrogen) atoms. The Morgan fingerprint density at radius 1 is 1.12 bits per heavy atom. The van der Waals surface area contributed by atoms with Gasteiger partial charge in [0.15, 0.2) is 5.70 Å². The third kappa shape index (κ3) is 2.46. The molecule has 0 unspecified atom stereocenters. The lowest BCUT2D eigenvalue weighted by Gasteiger charge is -2.32. The maximum Gasteiger partial charge on any atom is 0.738 e. The highest BCUT2D eigenvalue weighted by atomic mass is 79.9. The number of hydrogen-bond acceptors (Lipinski definition) is 1. The van der Waals surface area contributed by atoms with Crippen LogP contribution in [0.3, 0.4) is 0 Å². The van der Waals surface area contributed by atoms with Gasteiger partial charge in [-0.25, -0.2) is 0 Å². The number of hydrogen-bond donors (Lipinski definition) is 0. The molecular formula is C16H9BBr2Cl2F2N2O. The Hall–Kier alpha value is -1.09. The highest BCUT2D eigenvalue weighted by molar-refractivity contribution is 9.18. The molecule has 2 aromatic rings. The minimum absolute atomic E-state index is 0.278. The summed E-state index contributed by atoms with van der Waals surface area (Å²) < 4.78 is 38.4. The first kappa shape index (κ1) is 18.3. The number of methoxy groups -OCH3 is 1. The van der Waals surface area contributed by atoms with E-state index in [9.17, 15) is 0 Å². The zero-order valence-corrected chi connectivity index (χ0v) is 17.8. The third-order valence-corrected chi connectivity index (χ3v) is 6.40. The average Bonchev–Trinajstić information content (AvgIpc) is 3.15. The zero-order valence-electron chi connectivity index (χ0n) is 13.1. The highest BCUT2D eigenvalue weighted by Crippen LogP contribution is 2.45. The minimum atomic E-state index is -4.08. The van der Waals surface area contributed by atoms with E-state index in [-0.39, 0.29) is 9.22 Å². The third-order valence-electron chi connectivity index (χ3n) is 4.38. The lowest BCUT2D eigenvalue weighted by Crippen LogP contribution is -2.50. The fourth-order valence-corrected chi connectivity index (χ4v) is 4.76. The summed E-state index contributed by atoms with van der Waals surface area (Å²) in [5, 5.41) is 0.638. The molecule has 0 saturated carbocycles. The lowest BCUT2D eigenvalue weighted by molar-refractivity contribution is -0.358. The summed E-state index contributed by atoms with van der Waals surface area (Å²) in [6, 6.07) is 6.44. The van der Waals surface area contributed by atoms with Gasteiger partial charge in [-0.3, -0.25) is 0 Å². The number of benzene rings is 1. The summed E-state index contributed by atoms with van der Waals surface area (Å²) in [5.41, 5.74) is 1.87. The number of aromatic nitrogens is 1. The van der Waals surface area contributed by atoms with Gasteiger partial charge in [-0.15, -0.1) is 0 Å². The molecule has 0 atom stereocenters. The highest BCUT2D eigenvalue weighted by Gasteiger charge is 2.54. The van der Waals surface area contributed by atoms with Crippen LogP contribution in [-0.4, -0.2) is 27.7 Å². The summed E-state index contributed by atoms with van der Waals surface area (Å²) in [6.07, 6.45) is 3.23. The molecule has 2 aliphatic rings. The lowest BCUT2D eigenvalue weighted by atomic mass is 9.86. The van der Waals surface area contributed by atoms with Gasteiger partial charge in [-0.05, 0) is 34.1 Å². The molecule has 3 heterocycles. The number of halogens is 6. The molecule has 0 saturated heterocycles. The van der Waals surface area contributed by atoms with E-state index >= 15 is 8.63 Å². The Labute approximate surface area is 174 Å². The van der Waals surface area contributed by atoms with Crippen LogP contribution in [0, 0.1) is 0 Å². The first-order chi connectivity index (χ1) is 12.3. The van der Waals surface area contributed by atoms with Gasteiger partial charge in [0.2, 0.25) is 4.62 Å². The van der Waals surface area contributed by atoms with Gasteiger partial charge in [0.25, 0.3) is 0 Å².